The number of hydrogen-bond donors (Lipinski definition) is 2. The van der Waals surface area contributed by atoms with Crippen LogP contribution >= 0.6 is 11.3 Å². The van der Waals surface area contributed by atoms with Crippen LogP contribution in [0.4, 0.5) is 0 Å². The largest absolute Gasteiger partial charge is 0.370 e. The molecule has 6 heteroatoms. The Morgan fingerprint density at radius 2 is 2.28 bits per heavy atom. The van der Waals surface area contributed by atoms with Crippen molar-refractivity contribution < 1.29 is 0 Å². The zero-order chi connectivity index (χ0) is 13.1. The molecule has 0 amide bonds. The van der Waals surface area contributed by atoms with Crippen molar-refractivity contribution in [2.45, 2.75) is 26.4 Å². The topological polar surface area (TPSA) is 66.0 Å². The normalized spacial score (nSPS) is 18.9. The van der Waals surface area contributed by atoms with Crippen molar-refractivity contribution in [3.8, 4) is 0 Å². The molecule has 1 aromatic rings. The number of thiophene rings is 1. The first-order valence-corrected chi connectivity index (χ1v) is 6.86. The van der Waals surface area contributed by atoms with Gasteiger partial charge in [-0.3, -0.25) is 5.32 Å². The van der Waals surface area contributed by atoms with Crippen molar-refractivity contribution in [2.75, 3.05) is 13.6 Å². The monoisotopic (exact) mass is 265 g/mol. The molecule has 0 radical (unpaired) electrons. The summed E-state index contributed by atoms with van der Waals surface area (Å²) in [5, 5.41) is 5.13. The van der Waals surface area contributed by atoms with E-state index >= 15 is 0 Å². The zero-order valence-electron chi connectivity index (χ0n) is 11.0. The second-order valence-electron chi connectivity index (χ2n) is 4.40. The quantitative estimate of drug-likeness (QED) is 0.861. The predicted octanol–water partition coefficient (Wildman–Crippen LogP) is 1.15. The van der Waals surface area contributed by atoms with E-state index in [-0.39, 0.29) is 6.17 Å². The molecule has 0 saturated heterocycles. The van der Waals surface area contributed by atoms with Gasteiger partial charge in [0.2, 0.25) is 5.96 Å². The Kier molecular flexibility index (Phi) is 3.86. The summed E-state index contributed by atoms with van der Waals surface area (Å²) in [4.78, 5) is 12.0. The standard InChI is InChI=1S/C12H19N5S/c1-8-10(5-7-18-8)4-6-17(3)12-15-9(2)14-11(13)16-12/h5,7,9H,4,6H2,1-3H3,(H3,13,14,15,16). The Bertz CT molecular complexity index is 477. The van der Waals surface area contributed by atoms with E-state index in [2.05, 4.69) is 38.6 Å². The highest BCUT2D eigenvalue weighted by molar-refractivity contribution is 7.10. The minimum absolute atomic E-state index is 0.105. The van der Waals surface area contributed by atoms with Gasteiger partial charge in [-0.15, -0.1) is 11.3 Å². The average Bonchev–Trinajstić information content (AvgIpc) is 2.70. The van der Waals surface area contributed by atoms with E-state index in [9.17, 15) is 0 Å². The number of rotatable bonds is 3. The van der Waals surface area contributed by atoms with E-state index in [0.717, 1.165) is 18.9 Å². The lowest BCUT2D eigenvalue weighted by atomic mass is 10.2. The van der Waals surface area contributed by atoms with Crippen LogP contribution in [0.2, 0.25) is 0 Å². The third-order valence-electron chi connectivity index (χ3n) is 2.92. The van der Waals surface area contributed by atoms with Gasteiger partial charge in [0.1, 0.15) is 6.17 Å². The van der Waals surface area contributed by atoms with Gasteiger partial charge >= 0.3 is 0 Å². The summed E-state index contributed by atoms with van der Waals surface area (Å²) in [6.07, 6.45) is 0.907. The van der Waals surface area contributed by atoms with E-state index < -0.39 is 0 Å². The fourth-order valence-corrected chi connectivity index (χ4v) is 2.60. The van der Waals surface area contributed by atoms with Gasteiger partial charge in [-0.1, -0.05) is 0 Å². The molecule has 2 rings (SSSR count). The fraction of sp³-hybridized carbons (Fsp3) is 0.500. The van der Waals surface area contributed by atoms with Crippen LogP contribution in [0, 0.1) is 6.92 Å². The van der Waals surface area contributed by atoms with Crippen LogP contribution in [-0.4, -0.2) is 36.6 Å². The van der Waals surface area contributed by atoms with Crippen molar-refractivity contribution >= 4 is 23.3 Å². The van der Waals surface area contributed by atoms with Crippen molar-refractivity contribution in [2.24, 2.45) is 15.7 Å². The Morgan fingerprint density at radius 1 is 1.50 bits per heavy atom. The summed E-state index contributed by atoms with van der Waals surface area (Å²) in [6, 6.07) is 2.18. The summed E-state index contributed by atoms with van der Waals surface area (Å²) in [5.41, 5.74) is 7.10. The summed E-state index contributed by atoms with van der Waals surface area (Å²) in [6.45, 7) is 4.98. The van der Waals surface area contributed by atoms with Gasteiger partial charge in [-0.25, -0.2) is 9.98 Å². The van der Waals surface area contributed by atoms with Crippen LogP contribution in [-0.2, 0) is 6.42 Å². The highest BCUT2D eigenvalue weighted by Gasteiger charge is 2.14. The number of nitrogens with zero attached hydrogens (tertiary/aromatic N) is 3. The first-order chi connectivity index (χ1) is 8.56. The number of aryl methyl sites for hydroxylation is 1. The summed E-state index contributed by atoms with van der Waals surface area (Å²) in [7, 11) is 2.01. The smallest absolute Gasteiger partial charge is 0.202 e. The van der Waals surface area contributed by atoms with Crippen LogP contribution in [0.15, 0.2) is 21.4 Å². The molecule has 0 aromatic carbocycles. The highest BCUT2D eigenvalue weighted by Crippen LogP contribution is 2.15. The predicted molar refractivity (Wildman–Crippen MR) is 77.0 cm³/mol. The molecule has 1 aliphatic heterocycles. The third kappa shape index (κ3) is 3.01. The second-order valence-corrected chi connectivity index (χ2v) is 5.52. The van der Waals surface area contributed by atoms with E-state index in [1.54, 1.807) is 11.3 Å². The van der Waals surface area contributed by atoms with Crippen LogP contribution in [0.5, 0.6) is 0 Å². The van der Waals surface area contributed by atoms with Crippen molar-refractivity contribution in [3.63, 3.8) is 0 Å². The second kappa shape index (κ2) is 5.39. The summed E-state index contributed by atoms with van der Waals surface area (Å²) in [5.74, 6) is 1.23. The van der Waals surface area contributed by atoms with Crippen LogP contribution in [0.3, 0.4) is 0 Å². The van der Waals surface area contributed by atoms with E-state index in [4.69, 9.17) is 5.73 Å². The molecule has 18 heavy (non-hydrogen) atoms. The van der Waals surface area contributed by atoms with Gasteiger partial charge in [-0.05, 0) is 37.3 Å². The van der Waals surface area contributed by atoms with Crippen LogP contribution < -0.4 is 11.1 Å². The maximum absolute atomic E-state index is 5.70. The first-order valence-electron chi connectivity index (χ1n) is 5.98. The van der Waals surface area contributed by atoms with Crippen molar-refractivity contribution in [1.82, 2.24) is 10.2 Å². The molecule has 0 aliphatic carbocycles. The van der Waals surface area contributed by atoms with Crippen molar-refractivity contribution in [1.29, 1.82) is 0 Å². The Morgan fingerprint density at radius 3 is 2.89 bits per heavy atom. The number of nitrogens with two attached hydrogens (primary N) is 1. The van der Waals surface area contributed by atoms with E-state index in [1.807, 2.05) is 14.0 Å². The van der Waals surface area contributed by atoms with E-state index in [1.165, 1.54) is 10.4 Å². The van der Waals surface area contributed by atoms with Gasteiger partial charge in [0.25, 0.3) is 0 Å². The van der Waals surface area contributed by atoms with Crippen LogP contribution in [0.1, 0.15) is 17.4 Å². The molecule has 1 atom stereocenters. The minimum atomic E-state index is -0.105. The lowest BCUT2D eigenvalue weighted by Crippen LogP contribution is -2.49. The first kappa shape index (κ1) is 12.9. The molecule has 2 heterocycles. The molecule has 0 bridgehead atoms. The van der Waals surface area contributed by atoms with Gasteiger partial charge in [0.05, 0.1) is 0 Å². The summed E-state index contributed by atoms with van der Waals surface area (Å²) < 4.78 is 0. The molecule has 0 spiro atoms. The van der Waals surface area contributed by atoms with Crippen molar-refractivity contribution in [3.05, 3.63) is 21.9 Å². The maximum Gasteiger partial charge on any atom is 0.202 e. The van der Waals surface area contributed by atoms with Gasteiger partial charge in [0, 0.05) is 18.5 Å². The maximum atomic E-state index is 5.70. The molecule has 1 unspecified atom stereocenters. The molecular weight excluding hydrogens is 246 g/mol. The van der Waals surface area contributed by atoms with Gasteiger partial charge < -0.3 is 10.6 Å². The van der Waals surface area contributed by atoms with Gasteiger partial charge in [0.15, 0.2) is 5.96 Å². The van der Waals surface area contributed by atoms with Gasteiger partial charge in [-0.2, -0.15) is 0 Å². The Balaban J connectivity index is 1.93. The molecule has 3 N–H and O–H groups in total. The highest BCUT2D eigenvalue weighted by atomic mass is 32.1. The summed E-state index contributed by atoms with van der Waals surface area (Å²) >= 11 is 1.79. The molecule has 1 aliphatic rings. The average molecular weight is 265 g/mol. The number of nitrogens with one attached hydrogen (secondary N) is 1. The lowest BCUT2D eigenvalue weighted by Gasteiger charge is -2.25. The molecule has 0 saturated carbocycles. The number of likely N-dealkylation sites (N-methyl/N-ethyl adjacent to an activating group) is 1. The minimum Gasteiger partial charge on any atom is -0.370 e. The molecule has 5 nitrogen and oxygen atoms in total. The SMILES string of the molecule is Cc1sccc1CCN(C)C1=NC(C)N=C(N)N1. The van der Waals surface area contributed by atoms with E-state index in [0.29, 0.717) is 5.96 Å². The molecule has 0 fully saturated rings. The molecule has 98 valence electrons. The number of hydrogen-bond acceptors (Lipinski definition) is 6. The number of aliphatic imine (C=N–C) groups is 2. The Labute approximate surface area is 111 Å². The zero-order valence-corrected chi connectivity index (χ0v) is 11.8. The Hall–Kier alpha value is -1.56. The lowest BCUT2D eigenvalue weighted by molar-refractivity contribution is 0.486. The fourth-order valence-electron chi connectivity index (χ4n) is 1.84. The molecule has 1 aromatic heterocycles. The molecular formula is C12H19N5S. The number of guanidine groups is 2. The third-order valence-corrected chi connectivity index (χ3v) is 3.81. The van der Waals surface area contributed by atoms with Crippen LogP contribution in [0.25, 0.3) is 0 Å².